The molecule has 3 rings (SSSR count). The summed E-state index contributed by atoms with van der Waals surface area (Å²) in [5.41, 5.74) is 8.11. The molecule has 0 radical (unpaired) electrons. The Morgan fingerprint density at radius 1 is 1.24 bits per heavy atom. The number of hydrogen-bond acceptors (Lipinski definition) is 3. The van der Waals surface area contributed by atoms with E-state index in [0.717, 1.165) is 5.69 Å². The molecule has 2 heterocycles. The maximum atomic E-state index is 13.5. The number of benzene rings is 1. The number of halogens is 1. The molecule has 0 bridgehead atoms. The van der Waals surface area contributed by atoms with Crippen LogP contribution in [0.15, 0.2) is 47.3 Å². The van der Waals surface area contributed by atoms with E-state index >= 15 is 0 Å². The molecule has 106 valence electrons. The van der Waals surface area contributed by atoms with Gasteiger partial charge < -0.3 is 5.73 Å². The highest BCUT2D eigenvalue weighted by Crippen LogP contribution is 2.20. The van der Waals surface area contributed by atoms with Crippen molar-refractivity contribution in [3.8, 4) is 11.1 Å². The Hall–Kier alpha value is -2.53. The van der Waals surface area contributed by atoms with E-state index in [9.17, 15) is 9.18 Å². The molecule has 0 aliphatic rings. The summed E-state index contributed by atoms with van der Waals surface area (Å²) in [6, 6.07) is 11.3. The maximum absolute atomic E-state index is 13.5. The van der Waals surface area contributed by atoms with Crippen LogP contribution in [0.4, 0.5) is 4.39 Å². The molecule has 0 amide bonds. The van der Waals surface area contributed by atoms with Gasteiger partial charge in [-0.25, -0.2) is 9.37 Å². The van der Waals surface area contributed by atoms with Gasteiger partial charge in [-0.1, -0.05) is 18.2 Å². The van der Waals surface area contributed by atoms with E-state index in [4.69, 9.17) is 5.73 Å². The summed E-state index contributed by atoms with van der Waals surface area (Å²) in [6.07, 6.45) is 0. The number of hydrogen-bond donors (Lipinski definition) is 1. The summed E-state index contributed by atoms with van der Waals surface area (Å²) < 4.78 is 15.0. The maximum Gasteiger partial charge on any atom is 0.266 e. The summed E-state index contributed by atoms with van der Waals surface area (Å²) >= 11 is 0. The third-order valence-corrected chi connectivity index (χ3v) is 3.43. The third-order valence-electron chi connectivity index (χ3n) is 3.43. The molecule has 0 saturated heterocycles. The Bertz CT molecular complexity index is 886. The molecule has 0 aliphatic heterocycles. The van der Waals surface area contributed by atoms with E-state index in [1.807, 2.05) is 19.1 Å². The lowest BCUT2D eigenvalue weighted by atomic mass is 10.0. The second kappa shape index (κ2) is 5.10. The van der Waals surface area contributed by atoms with Gasteiger partial charge in [-0.15, -0.1) is 0 Å². The molecule has 0 fully saturated rings. The van der Waals surface area contributed by atoms with E-state index in [1.165, 1.54) is 16.5 Å². The molecule has 3 aromatic rings. The standard InChI is InChI=1S/C16H14FN3O/c1-10-4-2-7-14-19-13(9-18)15(16(21)20(10)14)11-5-3-6-12(17)8-11/h2-8H,9,18H2,1H3. The summed E-state index contributed by atoms with van der Waals surface area (Å²) in [5, 5.41) is 0. The first-order valence-electron chi connectivity index (χ1n) is 6.59. The van der Waals surface area contributed by atoms with Crippen LogP contribution in [-0.4, -0.2) is 9.38 Å². The van der Waals surface area contributed by atoms with E-state index in [1.54, 1.807) is 18.2 Å². The van der Waals surface area contributed by atoms with Crippen LogP contribution in [-0.2, 0) is 6.54 Å². The first-order valence-corrected chi connectivity index (χ1v) is 6.59. The topological polar surface area (TPSA) is 60.4 Å². The Morgan fingerprint density at radius 2 is 2.00 bits per heavy atom. The van der Waals surface area contributed by atoms with Crippen LogP contribution in [0, 0.1) is 12.7 Å². The Labute approximate surface area is 120 Å². The molecule has 0 saturated carbocycles. The fraction of sp³-hybridized carbons (Fsp3) is 0.125. The van der Waals surface area contributed by atoms with Gasteiger partial charge in [0.1, 0.15) is 11.5 Å². The predicted octanol–water partition coefficient (Wildman–Crippen LogP) is 2.27. The van der Waals surface area contributed by atoms with Crippen LogP contribution in [0.25, 0.3) is 16.8 Å². The van der Waals surface area contributed by atoms with E-state index < -0.39 is 5.82 Å². The highest BCUT2D eigenvalue weighted by Gasteiger charge is 2.15. The zero-order valence-electron chi connectivity index (χ0n) is 11.5. The zero-order valence-corrected chi connectivity index (χ0v) is 11.5. The molecular weight excluding hydrogens is 269 g/mol. The van der Waals surface area contributed by atoms with Crippen LogP contribution < -0.4 is 11.3 Å². The molecule has 0 aliphatic carbocycles. The molecule has 2 N–H and O–H groups in total. The van der Waals surface area contributed by atoms with Gasteiger partial charge in [0.2, 0.25) is 0 Å². The number of pyridine rings is 1. The van der Waals surface area contributed by atoms with Gasteiger partial charge >= 0.3 is 0 Å². The second-order valence-corrected chi connectivity index (χ2v) is 4.81. The van der Waals surface area contributed by atoms with Crippen LogP contribution in [0.3, 0.4) is 0 Å². The molecule has 0 atom stereocenters. The number of fused-ring (bicyclic) bond motifs is 1. The third kappa shape index (κ3) is 2.21. The van der Waals surface area contributed by atoms with Gasteiger partial charge in [0, 0.05) is 12.2 Å². The van der Waals surface area contributed by atoms with Crippen molar-refractivity contribution >= 4 is 5.65 Å². The van der Waals surface area contributed by atoms with Gasteiger partial charge in [-0.3, -0.25) is 9.20 Å². The van der Waals surface area contributed by atoms with E-state index in [-0.39, 0.29) is 12.1 Å². The van der Waals surface area contributed by atoms with Gasteiger partial charge in [0.25, 0.3) is 5.56 Å². The molecule has 1 aromatic carbocycles. The zero-order chi connectivity index (χ0) is 15.0. The van der Waals surface area contributed by atoms with Crippen molar-refractivity contribution in [2.24, 2.45) is 5.73 Å². The fourth-order valence-corrected chi connectivity index (χ4v) is 2.47. The normalized spacial score (nSPS) is 11.0. The summed E-state index contributed by atoms with van der Waals surface area (Å²) in [6.45, 7) is 1.94. The predicted molar refractivity (Wildman–Crippen MR) is 79.5 cm³/mol. The SMILES string of the molecule is Cc1cccc2nc(CN)c(-c3cccc(F)c3)c(=O)n12. The smallest absolute Gasteiger partial charge is 0.266 e. The summed E-state index contributed by atoms with van der Waals surface area (Å²) in [5.74, 6) is -0.398. The van der Waals surface area contributed by atoms with Crippen LogP contribution in [0.2, 0.25) is 0 Å². The number of nitrogens with two attached hydrogens (primary N) is 1. The number of rotatable bonds is 2. The molecular formula is C16H14FN3O. The molecule has 5 heteroatoms. The monoisotopic (exact) mass is 283 g/mol. The molecule has 2 aromatic heterocycles. The molecule has 0 unspecified atom stereocenters. The Kier molecular flexibility index (Phi) is 3.27. The van der Waals surface area contributed by atoms with Gasteiger partial charge in [0.05, 0.1) is 11.3 Å². The molecule has 0 spiro atoms. The minimum atomic E-state index is -0.398. The largest absolute Gasteiger partial charge is 0.325 e. The van der Waals surface area contributed by atoms with Crippen molar-refractivity contribution in [1.29, 1.82) is 0 Å². The van der Waals surface area contributed by atoms with Crippen LogP contribution >= 0.6 is 0 Å². The minimum absolute atomic E-state index is 0.117. The van der Waals surface area contributed by atoms with Crippen LogP contribution in [0.1, 0.15) is 11.4 Å². The second-order valence-electron chi connectivity index (χ2n) is 4.81. The van der Waals surface area contributed by atoms with Gasteiger partial charge in [-0.2, -0.15) is 0 Å². The van der Waals surface area contributed by atoms with Crippen molar-refractivity contribution in [2.45, 2.75) is 13.5 Å². The highest BCUT2D eigenvalue weighted by atomic mass is 19.1. The van der Waals surface area contributed by atoms with Crippen molar-refractivity contribution in [3.05, 3.63) is 70.0 Å². The molecule has 4 nitrogen and oxygen atoms in total. The minimum Gasteiger partial charge on any atom is -0.325 e. The average Bonchev–Trinajstić information content (AvgIpc) is 2.46. The fourth-order valence-electron chi connectivity index (χ4n) is 2.47. The number of aromatic nitrogens is 2. The lowest BCUT2D eigenvalue weighted by Gasteiger charge is -2.11. The average molecular weight is 283 g/mol. The quantitative estimate of drug-likeness (QED) is 0.785. The van der Waals surface area contributed by atoms with Crippen molar-refractivity contribution in [1.82, 2.24) is 9.38 Å². The number of aryl methyl sites for hydroxylation is 1. The van der Waals surface area contributed by atoms with Gasteiger partial charge in [0.15, 0.2) is 0 Å². The van der Waals surface area contributed by atoms with E-state index in [2.05, 4.69) is 4.98 Å². The highest BCUT2D eigenvalue weighted by molar-refractivity contribution is 5.66. The molecule has 21 heavy (non-hydrogen) atoms. The summed E-state index contributed by atoms with van der Waals surface area (Å²) in [4.78, 5) is 17.2. The van der Waals surface area contributed by atoms with Crippen molar-refractivity contribution in [3.63, 3.8) is 0 Å². The van der Waals surface area contributed by atoms with Crippen LogP contribution in [0.5, 0.6) is 0 Å². The Morgan fingerprint density at radius 3 is 2.71 bits per heavy atom. The lowest BCUT2D eigenvalue weighted by Crippen LogP contribution is -2.22. The first-order chi connectivity index (χ1) is 10.1. The number of nitrogens with zero attached hydrogens (tertiary/aromatic N) is 2. The lowest BCUT2D eigenvalue weighted by molar-refractivity contribution is 0.628. The van der Waals surface area contributed by atoms with E-state index in [0.29, 0.717) is 22.5 Å². The Balaban J connectivity index is 2.44. The first kappa shape index (κ1) is 13.5. The summed E-state index contributed by atoms with van der Waals surface area (Å²) in [7, 11) is 0. The van der Waals surface area contributed by atoms with Gasteiger partial charge in [-0.05, 0) is 36.8 Å². The van der Waals surface area contributed by atoms with Crippen molar-refractivity contribution < 1.29 is 4.39 Å². The van der Waals surface area contributed by atoms with Crippen molar-refractivity contribution in [2.75, 3.05) is 0 Å².